The number of amides is 2. The maximum atomic E-state index is 12.5. The number of fused-ring (bicyclic) bond motifs is 1. The van der Waals surface area contributed by atoms with Crippen LogP contribution in [0.15, 0.2) is 18.2 Å². The van der Waals surface area contributed by atoms with Crippen molar-refractivity contribution in [1.29, 1.82) is 0 Å². The molecule has 140 valence electrons. The molecule has 0 atom stereocenters. The summed E-state index contributed by atoms with van der Waals surface area (Å²) in [4.78, 5) is 37.5. The van der Waals surface area contributed by atoms with Gasteiger partial charge in [0.2, 0.25) is 11.8 Å². The summed E-state index contributed by atoms with van der Waals surface area (Å²) in [5.41, 5.74) is 2.79. The van der Waals surface area contributed by atoms with Crippen LogP contribution < -0.4 is 10.2 Å². The smallest absolute Gasteiger partial charge is 0.306 e. The van der Waals surface area contributed by atoms with E-state index in [1.807, 2.05) is 23.1 Å². The number of aliphatic carboxylic acids is 1. The fourth-order valence-electron chi connectivity index (χ4n) is 3.95. The van der Waals surface area contributed by atoms with Gasteiger partial charge in [0.15, 0.2) is 0 Å². The number of rotatable bonds is 5. The number of nitrogens with one attached hydrogen (secondary N) is 1. The predicted octanol–water partition coefficient (Wildman–Crippen LogP) is 3.21. The molecule has 2 aliphatic rings. The summed E-state index contributed by atoms with van der Waals surface area (Å²) in [6, 6.07) is 5.73. The molecule has 0 radical (unpaired) electrons. The Morgan fingerprint density at radius 3 is 2.50 bits per heavy atom. The van der Waals surface area contributed by atoms with Gasteiger partial charge in [-0.25, -0.2) is 0 Å². The maximum absolute atomic E-state index is 12.5. The third kappa shape index (κ3) is 3.89. The van der Waals surface area contributed by atoms with Gasteiger partial charge in [0.05, 0.1) is 5.92 Å². The van der Waals surface area contributed by atoms with E-state index in [0.717, 1.165) is 23.4 Å². The van der Waals surface area contributed by atoms with Gasteiger partial charge in [0, 0.05) is 30.3 Å². The second-order valence-corrected chi connectivity index (χ2v) is 7.26. The Balaban J connectivity index is 1.65. The topological polar surface area (TPSA) is 86.7 Å². The summed E-state index contributed by atoms with van der Waals surface area (Å²) in [6.45, 7) is 2.76. The number of carbonyl (C=O) groups is 3. The van der Waals surface area contributed by atoms with E-state index >= 15 is 0 Å². The first kappa shape index (κ1) is 18.4. The molecule has 1 fully saturated rings. The highest BCUT2D eigenvalue weighted by molar-refractivity contribution is 5.98. The molecule has 1 aliphatic carbocycles. The number of carboxylic acids is 1. The number of nitrogens with zero attached hydrogens (tertiary/aromatic N) is 1. The van der Waals surface area contributed by atoms with Crippen LogP contribution in [0.3, 0.4) is 0 Å². The number of carboxylic acid groups (broad SMARTS) is 1. The second-order valence-electron chi connectivity index (χ2n) is 7.26. The minimum atomic E-state index is -0.760. The first-order valence-corrected chi connectivity index (χ1v) is 9.46. The van der Waals surface area contributed by atoms with Gasteiger partial charge in [-0.3, -0.25) is 14.4 Å². The molecule has 2 N–H and O–H groups in total. The van der Waals surface area contributed by atoms with Crippen molar-refractivity contribution in [1.82, 2.24) is 0 Å². The van der Waals surface area contributed by atoms with Crippen molar-refractivity contribution in [3.8, 4) is 0 Å². The van der Waals surface area contributed by atoms with Crippen LogP contribution in [0.2, 0.25) is 0 Å². The summed E-state index contributed by atoms with van der Waals surface area (Å²) >= 11 is 0. The molecule has 1 heterocycles. The van der Waals surface area contributed by atoms with E-state index in [4.69, 9.17) is 5.11 Å². The normalized spacial score (nSPS) is 22.7. The van der Waals surface area contributed by atoms with Gasteiger partial charge in [0.25, 0.3) is 0 Å². The molecule has 1 saturated carbocycles. The lowest BCUT2D eigenvalue weighted by molar-refractivity contribution is -0.143. The highest BCUT2D eigenvalue weighted by atomic mass is 16.4. The average Bonchev–Trinajstić information content (AvgIpc) is 2.64. The number of benzene rings is 1. The first-order valence-electron chi connectivity index (χ1n) is 9.46. The zero-order valence-corrected chi connectivity index (χ0v) is 15.2. The summed E-state index contributed by atoms with van der Waals surface area (Å²) in [6.07, 6.45) is 4.46. The number of hydrogen-bond donors (Lipinski definition) is 2. The lowest BCUT2D eigenvalue weighted by atomic mass is 9.81. The monoisotopic (exact) mass is 358 g/mol. The molecule has 0 aromatic heterocycles. The van der Waals surface area contributed by atoms with E-state index in [1.165, 1.54) is 0 Å². The number of anilines is 2. The van der Waals surface area contributed by atoms with Crippen molar-refractivity contribution in [2.45, 2.75) is 51.9 Å². The molecule has 6 nitrogen and oxygen atoms in total. The van der Waals surface area contributed by atoms with Crippen molar-refractivity contribution in [2.75, 3.05) is 16.8 Å². The standard InChI is InChI=1S/C20H26N2O4/c1-2-11-22-17-9-8-16(12-15(17)7-10-18(22)23)21-19(24)13-3-5-14(6-4-13)20(25)26/h8-9,12-14H,2-7,10-11H2,1H3,(H,21,24)(H,25,26). The van der Waals surface area contributed by atoms with Crippen molar-refractivity contribution in [2.24, 2.45) is 11.8 Å². The lowest BCUT2D eigenvalue weighted by Crippen LogP contribution is -2.35. The first-order chi connectivity index (χ1) is 12.5. The van der Waals surface area contributed by atoms with E-state index in [9.17, 15) is 14.4 Å². The Kier molecular flexibility index (Phi) is 5.59. The summed E-state index contributed by atoms with van der Waals surface area (Å²) in [5.74, 6) is -1.08. The number of hydrogen-bond acceptors (Lipinski definition) is 3. The Morgan fingerprint density at radius 2 is 1.85 bits per heavy atom. The highest BCUT2D eigenvalue weighted by Gasteiger charge is 2.30. The van der Waals surface area contributed by atoms with Gasteiger partial charge in [0.1, 0.15) is 0 Å². The van der Waals surface area contributed by atoms with Gasteiger partial charge in [-0.2, -0.15) is 0 Å². The third-order valence-electron chi connectivity index (χ3n) is 5.44. The SMILES string of the molecule is CCCN1C(=O)CCc2cc(NC(=O)C3CCC(C(=O)O)CC3)ccc21. The molecule has 2 amide bonds. The minimum Gasteiger partial charge on any atom is -0.481 e. The molecule has 0 saturated heterocycles. The van der Waals surface area contributed by atoms with Crippen molar-refractivity contribution in [3.05, 3.63) is 23.8 Å². The molecule has 1 aromatic carbocycles. The van der Waals surface area contributed by atoms with E-state index < -0.39 is 5.97 Å². The van der Waals surface area contributed by atoms with Gasteiger partial charge in [-0.1, -0.05) is 6.92 Å². The van der Waals surface area contributed by atoms with E-state index in [1.54, 1.807) is 0 Å². The van der Waals surface area contributed by atoms with E-state index in [2.05, 4.69) is 12.2 Å². The summed E-state index contributed by atoms with van der Waals surface area (Å²) in [7, 11) is 0. The summed E-state index contributed by atoms with van der Waals surface area (Å²) in [5, 5.41) is 12.0. The average molecular weight is 358 g/mol. The maximum Gasteiger partial charge on any atom is 0.306 e. The van der Waals surface area contributed by atoms with Crippen LogP contribution in [0.4, 0.5) is 11.4 Å². The Labute approximate surface area is 153 Å². The molecule has 0 unspecified atom stereocenters. The number of carbonyl (C=O) groups excluding carboxylic acids is 2. The molecule has 26 heavy (non-hydrogen) atoms. The third-order valence-corrected chi connectivity index (χ3v) is 5.44. The predicted molar refractivity (Wildman–Crippen MR) is 99.1 cm³/mol. The van der Waals surface area contributed by atoms with Gasteiger partial charge in [-0.15, -0.1) is 0 Å². The Hall–Kier alpha value is -2.37. The zero-order valence-electron chi connectivity index (χ0n) is 15.2. The molecule has 1 aromatic rings. The van der Waals surface area contributed by atoms with E-state index in [0.29, 0.717) is 45.1 Å². The molecule has 3 rings (SSSR count). The van der Waals surface area contributed by atoms with E-state index in [-0.39, 0.29) is 23.7 Å². The molecule has 0 bridgehead atoms. The van der Waals surface area contributed by atoms with Gasteiger partial charge < -0.3 is 15.3 Å². The molecular weight excluding hydrogens is 332 g/mol. The van der Waals surface area contributed by atoms with Crippen LogP contribution >= 0.6 is 0 Å². The van der Waals surface area contributed by atoms with Crippen molar-refractivity contribution in [3.63, 3.8) is 0 Å². The fourth-order valence-corrected chi connectivity index (χ4v) is 3.95. The van der Waals surface area contributed by atoms with Crippen molar-refractivity contribution >= 4 is 29.2 Å². The lowest BCUT2D eigenvalue weighted by Gasteiger charge is -2.30. The molecule has 0 spiro atoms. The zero-order chi connectivity index (χ0) is 18.7. The minimum absolute atomic E-state index is 0.0360. The van der Waals surface area contributed by atoms with Crippen LogP contribution in [-0.4, -0.2) is 29.4 Å². The summed E-state index contributed by atoms with van der Waals surface area (Å²) < 4.78 is 0. The van der Waals surface area contributed by atoms with Crippen LogP contribution in [0, 0.1) is 11.8 Å². The second kappa shape index (κ2) is 7.89. The van der Waals surface area contributed by atoms with Crippen LogP contribution in [0.5, 0.6) is 0 Å². The highest BCUT2D eigenvalue weighted by Crippen LogP contribution is 2.32. The van der Waals surface area contributed by atoms with Crippen LogP contribution in [0.1, 0.15) is 51.0 Å². The molecule has 6 heteroatoms. The van der Waals surface area contributed by atoms with Crippen LogP contribution in [-0.2, 0) is 20.8 Å². The number of aryl methyl sites for hydroxylation is 1. The van der Waals surface area contributed by atoms with Crippen molar-refractivity contribution < 1.29 is 19.5 Å². The fraction of sp³-hybridized carbons (Fsp3) is 0.550. The molecular formula is C20H26N2O4. The molecule has 1 aliphatic heterocycles. The largest absolute Gasteiger partial charge is 0.481 e. The quantitative estimate of drug-likeness (QED) is 0.846. The Bertz CT molecular complexity index is 708. The van der Waals surface area contributed by atoms with Gasteiger partial charge in [-0.05, 0) is 62.3 Å². The van der Waals surface area contributed by atoms with Crippen LogP contribution in [0.25, 0.3) is 0 Å². The Morgan fingerprint density at radius 1 is 1.15 bits per heavy atom. The van der Waals surface area contributed by atoms with Gasteiger partial charge >= 0.3 is 5.97 Å².